The highest BCUT2D eigenvalue weighted by molar-refractivity contribution is 6.11. The van der Waals surface area contributed by atoms with Gasteiger partial charge in [-0.05, 0) is 110 Å². The third-order valence-corrected chi connectivity index (χ3v) is 14.8. The lowest BCUT2D eigenvalue weighted by molar-refractivity contribution is 0.435. The van der Waals surface area contributed by atoms with Crippen LogP contribution in [0.4, 0.5) is 17.1 Å². The molecule has 1 atom stereocenters. The predicted molar refractivity (Wildman–Crippen MR) is 268 cm³/mol. The van der Waals surface area contributed by atoms with E-state index in [1.165, 1.54) is 71.6 Å². The third kappa shape index (κ3) is 4.85. The van der Waals surface area contributed by atoms with Crippen LogP contribution in [0.5, 0.6) is 11.5 Å². The Morgan fingerprint density at radius 1 is 0.385 bits per heavy atom. The van der Waals surface area contributed by atoms with Crippen LogP contribution < -0.4 is 9.64 Å². The molecule has 0 fully saturated rings. The fraction of sp³-hybridized carbons (Fsp3) is 0.0645. The molecule has 0 radical (unpaired) electrons. The van der Waals surface area contributed by atoms with Crippen LogP contribution in [0.15, 0.2) is 218 Å². The van der Waals surface area contributed by atoms with Crippen LogP contribution in [-0.4, -0.2) is 4.57 Å². The number of hydrogen-bond donors (Lipinski definition) is 0. The SMILES string of the molecule is CC1(C)c2ccccc2-c2ccc(-n3c4ccccc4c4ccc(N(c5ccccc5)c5ccc6c(c5)Oc5ccccc5C65c6ccccc6-c6cccc7cccc5c67)cc43)cc21. The van der Waals surface area contributed by atoms with Crippen LogP contribution in [0.25, 0.3) is 60.5 Å². The zero-order chi connectivity index (χ0) is 43.0. The van der Waals surface area contributed by atoms with Gasteiger partial charge >= 0.3 is 0 Å². The third-order valence-electron chi connectivity index (χ3n) is 14.8. The first-order valence-corrected chi connectivity index (χ1v) is 22.7. The number of fused-ring (bicyclic) bond motifs is 14. The van der Waals surface area contributed by atoms with E-state index >= 15 is 0 Å². The summed E-state index contributed by atoms with van der Waals surface area (Å²) in [7, 11) is 0. The molecule has 3 aliphatic rings. The summed E-state index contributed by atoms with van der Waals surface area (Å²) >= 11 is 0. The molecule has 65 heavy (non-hydrogen) atoms. The minimum atomic E-state index is -0.601. The van der Waals surface area contributed by atoms with Crippen LogP contribution in [-0.2, 0) is 10.8 Å². The van der Waals surface area contributed by atoms with Gasteiger partial charge in [-0.25, -0.2) is 0 Å². The average Bonchev–Trinajstić information content (AvgIpc) is 3.80. The van der Waals surface area contributed by atoms with Crippen molar-refractivity contribution in [3.8, 4) is 39.4 Å². The summed E-state index contributed by atoms with van der Waals surface area (Å²) in [6, 6.07) is 80.5. The Morgan fingerprint density at radius 3 is 1.86 bits per heavy atom. The minimum absolute atomic E-state index is 0.112. The second-order valence-corrected chi connectivity index (χ2v) is 18.4. The largest absolute Gasteiger partial charge is 0.457 e. The molecule has 0 bridgehead atoms. The zero-order valence-corrected chi connectivity index (χ0v) is 36.1. The molecule has 3 nitrogen and oxygen atoms in total. The van der Waals surface area contributed by atoms with Gasteiger partial charge in [-0.3, -0.25) is 0 Å². The van der Waals surface area contributed by atoms with Crippen LogP contribution >= 0.6 is 0 Å². The number of ether oxygens (including phenoxy) is 1. The molecule has 1 unspecified atom stereocenters. The highest BCUT2D eigenvalue weighted by atomic mass is 16.5. The average molecular weight is 831 g/mol. The smallest absolute Gasteiger partial charge is 0.134 e. The molecule has 0 saturated carbocycles. The first-order chi connectivity index (χ1) is 32.0. The molecule has 306 valence electrons. The number of rotatable bonds is 4. The van der Waals surface area contributed by atoms with Crippen molar-refractivity contribution in [2.75, 3.05) is 4.90 Å². The monoisotopic (exact) mass is 830 g/mol. The number of aromatic nitrogens is 1. The van der Waals surface area contributed by atoms with Crippen molar-refractivity contribution < 1.29 is 4.74 Å². The van der Waals surface area contributed by atoms with Gasteiger partial charge in [0, 0.05) is 56.1 Å². The Bertz CT molecular complexity index is 3800. The quantitative estimate of drug-likeness (QED) is 0.176. The molecule has 10 aromatic carbocycles. The topological polar surface area (TPSA) is 17.4 Å². The predicted octanol–water partition coefficient (Wildman–Crippen LogP) is 16.2. The van der Waals surface area contributed by atoms with E-state index in [2.05, 4.69) is 242 Å². The van der Waals surface area contributed by atoms with E-state index in [4.69, 9.17) is 4.74 Å². The Balaban J connectivity index is 0.989. The number of benzene rings is 10. The summed E-state index contributed by atoms with van der Waals surface area (Å²) in [6.45, 7) is 4.72. The molecule has 11 aromatic rings. The van der Waals surface area contributed by atoms with Crippen molar-refractivity contribution in [3.63, 3.8) is 0 Å². The summed E-state index contributed by atoms with van der Waals surface area (Å²) in [5, 5.41) is 5.00. The molecular formula is C62H42N2O. The fourth-order valence-corrected chi connectivity index (χ4v) is 12.1. The van der Waals surface area contributed by atoms with E-state index in [0.717, 1.165) is 50.9 Å². The van der Waals surface area contributed by atoms with E-state index < -0.39 is 5.41 Å². The molecule has 0 N–H and O–H groups in total. The van der Waals surface area contributed by atoms with E-state index in [0.29, 0.717) is 0 Å². The molecule has 2 heterocycles. The summed E-state index contributed by atoms with van der Waals surface area (Å²) in [6.07, 6.45) is 0. The lowest BCUT2D eigenvalue weighted by Gasteiger charge is -2.45. The number of nitrogens with zero attached hydrogens (tertiary/aromatic N) is 2. The van der Waals surface area contributed by atoms with Crippen LogP contribution in [0.1, 0.15) is 47.2 Å². The van der Waals surface area contributed by atoms with Gasteiger partial charge in [0.25, 0.3) is 0 Å². The van der Waals surface area contributed by atoms with Crippen molar-refractivity contribution in [1.29, 1.82) is 0 Å². The Morgan fingerprint density at radius 2 is 1.00 bits per heavy atom. The van der Waals surface area contributed by atoms with Gasteiger partial charge in [-0.15, -0.1) is 0 Å². The Labute approximate surface area is 378 Å². The van der Waals surface area contributed by atoms with E-state index in [1.54, 1.807) is 0 Å². The zero-order valence-electron chi connectivity index (χ0n) is 36.1. The maximum atomic E-state index is 7.10. The Hall–Kier alpha value is -8.14. The summed E-state index contributed by atoms with van der Waals surface area (Å²) in [4.78, 5) is 2.38. The van der Waals surface area contributed by atoms with Crippen LogP contribution in [0, 0.1) is 0 Å². The maximum Gasteiger partial charge on any atom is 0.134 e. The molecular weight excluding hydrogens is 789 g/mol. The number of anilines is 3. The number of para-hydroxylation sites is 3. The van der Waals surface area contributed by atoms with E-state index in [9.17, 15) is 0 Å². The molecule has 2 aliphatic carbocycles. The van der Waals surface area contributed by atoms with Gasteiger partial charge in [0.15, 0.2) is 0 Å². The molecule has 1 spiro atoms. The lowest BCUT2D eigenvalue weighted by atomic mass is 9.58. The van der Waals surface area contributed by atoms with Crippen LogP contribution in [0.3, 0.4) is 0 Å². The second kappa shape index (κ2) is 13.2. The van der Waals surface area contributed by atoms with Crippen LogP contribution in [0.2, 0.25) is 0 Å². The molecule has 14 rings (SSSR count). The molecule has 1 aliphatic heterocycles. The molecule has 1 aromatic heterocycles. The van der Waals surface area contributed by atoms with Gasteiger partial charge in [0.05, 0.1) is 16.4 Å². The standard InChI is InChI=1S/C62H42N2O/c1-61(2)50-24-9-6-20-44(50)46-33-30-41(36-55(46)61)64-56-28-12-8-22-47(56)48-34-31-42(37-57(48)64)63(40-18-4-3-5-19-40)43-32-35-53-59(38-43)65-58-29-13-11-26-52(58)62(53)51-25-10-7-21-45(51)49-23-14-16-39-17-15-27-54(62)60(39)49/h3-38H,1-2H3. The van der Waals surface area contributed by atoms with Crippen molar-refractivity contribution in [3.05, 3.63) is 252 Å². The number of hydrogen-bond acceptors (Lipinski definition) is 2. The van der Waals surface area contributed by atoms with Gasteiger partial charge in [-0.1, -0.05) is 172 Å². The van der Waals surface area contributed by atoms with Crippen molar-refractivity contribution in [2.45, 2.75) is 24.7 Å². The van der Waals surface area contributed by atoms with Gasteiger partial charge in [-0.2, -0.15) is 0 Å². The summed E-state index contributed by atoms with van der Waals surface area (Å²) in [5.74, 6) is 1.73. The Kier molecular flexibility index (Phi) is 7.38. The normalized spacial score (nSPS) is 15.8. The van der Waals surface area contributed by atoms with E-state index in [1.807, 2.05) is 0 Å². The minimum Gasteiger partial charge on any atom is -0.457 e. The summed E-state index contributed by atoms with van der Waals surface area (Å²) < 4.78 is 9.56. The highest BCUT2D eigenvalue weighted by Gasteiger charge is 2.49. The second-order valence-electron chi connectivity index (χ2n) is 18.4. The van der Waals surface area contributed by atoms with Crippen molar-refractivity contribution >= 4 is 49.6 Å². The first-order valence-electron chi connectivity index (χ1n) is 22.7. The first kappa shape index (κ1) is 36.4. The van der Waals surface area contributed by atoms with Crippen molar-refractivity contribution in [1.82, 2.24) is 4.57 Å². The summed E-state index contributed by atoms with van der Waals surface area (Å²) in [5.41, 5.74) is 18.7. The molecule has 3 heteroatoms. The van der Waals surface area contributed by atoms with Gasteiger partial charge < -0.3 is 14.2 Å². The van der Waals surface area contributed by atoms with Crippen molar-refractivity contribution in [2.24, 2.45) is 0 Å². The maximum absolute atomic E-state index is 7.10. The van der Waals surface area contributed by atoms with Gasteiger partial charge in [0.2, 0.25) is 0 Å². The molecule has 0 saturated heterocycles. The highest BCUT2D eigenvalue weighted by Crippen LogP contribution is 2.62. The van der Waals surface area contributed by atoms with Gasteiger partial charge in [0.1, 0.15) is 11.5 Å². The van der Waals surface area contributed by atoms with E-state index in [-0.39, 0.29) is 5.41 Å². The lowest BCUT2D eigenvalue weighted by Crippen LogP contribution is -2.36. The molecule has 0 amide bonds. The fourth-order valence-electron chi connectivity index (χ4n) is 12.1.